The van der Waals surface area contributed by atoms with Gasteiger partial charge in [0.25, 0.3) is 5.91 Å². The molecule has 16 heteroatoms. The number of rotatable bonds is 8. The van der Waals surface area contributed by atoms with Gasteiger partial charge in [0, 0.05) is 28.9 Å². The molecule has 0 aliphatic carbocycles. The Morgan fingerprint density at radius 3 is 2.34 bits per heavy atom. The number of hydrogen-bond donors (Lipinski definition) is 3. The Morgan fingerprint density at radius 1 is 0.951 bits per heavy atom. The number of nitrogens with zero attached hydrogens (tertiary/aromatic N) is 2. The van der Waals surface area contributed by atoms with Crippen molar-refractivity contribution >= 4 is 44.6 Å². The summed E-state index contributed by atoms with van der Waals surface area (Å²) in [5.74, 6) is -4.42. The van der Waals surface area contributed by atoms with E-state index in [-0.39, 0.29) is 45.9 Å². The third-order valence-corrected chi connectivity index (χ3v) is 6.83. The Labute approximate surface area is 229 Å². The van der Waals surface area contributed by atoms with Crippen LogP contribution in [0.15, 0.2) is 42.6 Å². The molecule has 0 unspecified atom stereocenters. The molecular formula is C25H18F8N4O3S. The van der Waals surface area contributed by atoms with Crippen molar-refractivity contribution in [3.63, 3.8) is 0 Å². The molecule has 4 aromatic rings. The number of nitrogens with one attached hydrogen (secondary N) is 2. The molecule has 3 N–H and O–H groups in total. The maximum atomic E-state index is 14.3. The number of fused-ring (bicyclic) bond motifs is 1. The average molecular weight is 606 g/mol. The molecule has 0 aliphatic rings. The van der Waals surface area contributed by atoms with Crippen LogP contribution >= 0.6 is 11.3 Å². The quantitative estimate of drug-likeness (QED) is 0.207. The number of benzene rings is 2. The van der Waals surface area contributed by atoms with E-state index < -0.39 is 59.0 Å². The van der Waals surface area contributed by atoms with E-state index in [2.05, 4.69) is 15.7 Å². The van der Waals surface area contributed by atoms with Crippen molar-refractivity contribution in [1.29, 1.82) is 0 Å². The minimum Gasteiger partial charge on any atom is -0.396 e. The number of anilines is 2. The molecule has 41 heavy (non-hydrogen) atoms. The lowest BCUT2D eigenvalue weighted by atomic mass is 10.1. The zero-order valence-electron chi connectivity index (χ0n) is 20.5. The third-order valence-electron chi connectivity index (χ3n) is 5.68. The molecule has 2 amide bonds. The van der Waals surface area contributed by atoms with Crippen molar-refractivity contribution in [1.82, 2.24) is 9.78 Å². The third kappa shape index (κ3) is 6.82. The highest BCUT2D eigenvalue weighted by Gasteiger charge is 2.35. The van der Waals surface area contributed by atoms with Crippen molar-refractivity contribution in [3.8, 4) is 0 Å². The second kappa shape index (κ2) is 11.4. The highest BCUT2D eigenvalue weighted by molar-refractivity contribution is 7.21. The standard InChI is InChI=1S/C25H18F8N4O3S/c26-16-5-3-13(9-15(16)25(31,32)33)34-23(40)22-21(14-4-2-12(24(28,29)30)8-19(14)41-22)35-20(39)10-18-17(27)11-37(36-18)6-1-7-38/h2-5,8-9,11,38H,1,6-7,10H2,(H,34,40)(H,35,39). The molecule has 0 radical (unpaired) electrons. The second-order valence-corrected chi connectivity index (χ2v) is 9.70. The van der Waals surface area contributed by atoms with Crippen LogP contribution in [0.3, 0.4) is 0 Å². The minimum atomic E-state index is -5.07. The molecule has 7 nitrogen and oxygen atoms in total. The van der Waals surface area contributed by atoms with E-state index in [4.69, 9.17) is 5.11 Å². The lowest BCUT2D eigenvalue weighted by Gasteiger charge is -2.12. The van der Waals surface area contributed by atoms with Gasteiger partial charge in [-0.15, -0.1) is 11.3 Å². The van der Waals surface area contributed by atoms with E-state index in [1.54, 1.807) is 0 Å². The summed E-state index contributed by atoms with van der Waals surface area (Å²) in [5, 5.41) is 17.3. The van der Waals surface area contributed by atoms with Gasteiger partial charge in [-0.25, -0.2) is 8.78 Å². The fourth-order valence-corrected chi connectivity index (χ4v) is 4.90. The smallest absolute Gasteiger partial charge is 0.396 e. The number of halogens is 8. The summed E-state index contributed by atoms with van der Waals surface area (Å²) in [4.78, 5) is 25.5. The van der Waals surface area contributed by atoms with E-state index in [9.17, 15) is 44.7 Å². The largest absolute Gasteiger partial charge is 0.419 e. The Bertz CT molecular complexity index is 1610. The van der Waals surface area contributed by atoms with Crippen LogP contribution in [-0.4, -0.2) is 33.3 Å². The Balaban J connectivity index is 1.68. The fourth-order valence-electron chi connectivity index (χ4n) is 3.80. The van der Waals surface area contributed by atoms with Crippen LogP contribution in [0.25, 0.3) is 10.1 Å². The fraction of sp³-hybridized carbons (Fsp3) is 0.240. The number of carbonyl (C=O) groups excluding carboxylic acids is 2. The van der Waals surface area contributed by atoms with Gasteiger partial charge < -0.3 is 15.7 Å². The first-order chi connectivity index (χ1) is 19.2. The van der Waals surface area contributed by atoms with Crippen molar-refractivity contribution < 1.29 is 49.8 Å². The van der Waals surface area contributed by atoms with Crippen LogP contribution in [0.5, 0.6) is 0 Å². The van der Waals surface area contributed by atoms with E-state index in [0.717, 1.165) is 24.4 Å². The van der Waals surface area contributed by atoms with Crippen molar-refractivity contribution in [2.75, 3.05) is 17.2 Å². The summed E-state index contributed by atoms with van der Waals surface area (Å²) in [6.07, 6.45) is -9.17. The minimum absolute atomic E-state index is 0.00512. The van der Waals surface area contributed by atoms with E-state index in [1.165, 1.54) is 4.68 Å². The van der Waals surface area contributed by atoms with Crippen LogP contribution in [0, 0.1) is 11.6 Å². The molecule has 2 aromatic carbocycles. The van der Waals surface area contributed by atoms with Gasteiger partial charge in [0.15, 0.2) is 5.82 Å². The lowest BCUT2D eigenvalue weighted by molar-refractivity contribution is -0.140. The van der Waals surface area contributed by atoms with E-state index in [1.807, 2.05) is 0 Å². The van der Waals surface area contributed by atoms with Crippen LogP contribution in [0.2, 0.25) is 0 Å². The Kier molecular flexibility index (Phi) is 8.35. The summed E-state index contributed by atoms with van der Waals surface area (Å²) >= 11 is 0.519. The first-order valence-electron chi connectivity index (χ1n) is 11.6. The number of aromatic nitrogens is 2. The number of aryl methyl sites for hydroxylation is 1. The Morgan fingerprint density at radius 2 is 1.68 bits per heavy atom. The molecule has 2 aromatic heterocycles. The van der Waals surface area contributed by atoms with E-state index >= 15 is 0 Å². The van der Waals surface area contributed by atoms with E-state index in [0.29, 0.717) is 29.5 Å². The number of alkyl halides is 6. The molecule has 0 bridgehead atoms. The maximum absolute atomic E-state index is 14.3. The molecule has 0 saturated heterocycles. The van der Waals surface area contributed by atoms with Gasteiger partial charge in [0.1, 0.15) is 16.4 Å². The molecule has 218 valence electrons. The summed E-state index contributed by atoms with van der Waals surface area (Å²) in [7, 11) is 0. The van der Waals surface area contributed by atoms with Crippen molar-refractivity contribution in [2.24, 2.45) is 0 Å². The van der Waals surface area contributed by atoms with Gasteiger partial charge in [0.2, 0.25) is 5.91 Å². The van der Waals surface area contributed by atoms with Crippen LogP contribution in [-0.2, 0) is 30.1 Å². The summed E-state index contributed by atoms with van der Waals surface area (Å²) in [6, 6.07) is 4.13. The maximum Gasteiger partial charge on any atom is 0.419 e. The predicted octanol–water partition coefficient (Wildman–Crippen LogP) is 6.23. The molecule has 4 rings (SSSR count). The zero-order valence-corrected chi connectivity index (χ0v) is 21.3. The molecule has 0 fully saturated rings. The first-order valence-corrected chi connectivity index (χ1v) is 12.4. The number of thiophene rings is 1. The van der Waals surface area contributed by atoms with Gasteiger partial charge in [-0.2, -0.15) is 31.4 Å². The normalized spacial score (nSPS) is 12.1. The molecule has 0 saturated carbocycles. The molecular weight excluding hydrogens is 588 g/mol. The van der Waals surface area contributed by atoms with Gasteiger partial charge in [-0.1, -0.05) is 6.07 Å². The highest BCUT2D eigenvalue weighted by atomic mass is 32.1. The van der Waals surface area contributed by atoms with Crippen LogP contribution in [0.4, 0.5) is 46.5 Å². The molecule has 2 heterocycles. The zero-order chi connectivity index (χ0) is 30.1. The van der Waals surface area contributed by atoms with Crippen LogP contribution < -0.4 is 10.6 Å². The predicted molar refractivity (Wildman–Crippen MR) is 132 cm³/mol. The number of aliphatic hydroxyl groups excluding tert-OH is 1. The summed E-state index contributed by atoms with van der Waals surface area (Å²) in [6.45, 7) is -0.0195. The summed E-state index contributed by atoms with van der Waals surface area (Å²) in [5.41, 5.74) is -3.73. The SMILES string of the molecule is O=C(Cc1nn(CCCO)cc1F)Nc1c(C(=O)Nc2ccc(F)c(C(F)(F)F)c2)sc2cc(C(F)(F)F)ccc12. The van der Waals surface area contributed by atoms with Crippen molar-refractivity contribution in [3.05, 3.63) is 75.9 Å². The van der Waals surface area contributed by atoms with Crippen molar-refractivity contribution in [2.45, 2.75) is 31.7 Å². The van der Waals surface area contributed by atoms with Gasteiger partial charge in [-0.05, 0) is 36.8 Å². The summed E-state index contributed by atoms with van der Waals surface area (Å²) < 4.78 is 108. The van der Waals surface area contributed by atoms with Gasteiger partial charge >= 0.3 is 12.4 Å². The number of amides is 2. The number of hydrogen-bond acceptors (Lipinski definition) is 5. The number of aliphatic hydroxyl groups is 1. The monoisotopic (exact) mass is 606 g/mol. The molecule has 0 aliphatic heterocycles. The van der Waals surface area contributed by atoms with Gasteiger partial charge in [0.05, 0.1) is 29.4 Å². The molecule has 0 spiro atoms. The second-order valence-electron chi connectivity index (χ2n) is 8.65. The Hall–Kier alpha value is -4.05. The van der Waals surface area contributed by atoms with Gasteiger partial charge in [-0.3, -0.25) is 14.3 Å². The molecule has 0 atom stereocenters. The topological polar surface area (TPSA) is 96.2 Å². The average Bonchev–Trinajstić information content (AvgIpc) is 3.41. The first kappa shape index (κ1) is 29.9. The lowest BCUT2D eigenvalue weighted by Crippen LogP contribution is -2.19. The van der Waals surface area contributed by atoms with Crippen LogP contribution in [0.1, 0.15) is 32.9 Å². The highest BCUT2D eigenvalue weighted by Crippen LogP contribution is 2.40. The number of carbonyl (C=O) groups is 2.